The zero-order chi connectivity index (χ0) is 21.8. The highest BCUT2D eigenvalue weighted by Gasteiger charge is 2.27. The number of aliphatic hydroxyl groups is 1. The van der Waals surface area contributed by atoms with Gasteiger partial charge < -0.3 is 19.5 Å². The number of ether oxygens (including phenoxy) is 2. The van der Waals surface area contributed by atoms with Crippen molar-refractivity contribution in [3.8, 4) is 11.5 Å². The smallest absolute Gasteiger partial charge is 0.231 e. The van der Waals surface area contributed by atoms with Gasteiger partial charge >= 0.3 is 0 Å². The number of carbonyl (C=O) groups is 1. The molecule has 0 radical (unpaired) electrons. The number of hydrogen-bond acceptors (Lipinski definition) is 6. The Labute approximate surface area is 186 Å². The summed E-state index contributed by atoms with van der Waals surface area (Å²) in [5.74, 6) is 3.29. The van der Waals surface area contributed by atoms with E-state index in [1.165, 1.54) is 25.8 Å². The monoisotopic (exact) mass is 430 g/mol. The van der Waals surface area contributed by atoms with E-state index in [1.54, 1.807) is 13.8 Å². The normalized spacial score (nSPS) is 24.4. The number of Topliss-reactive ketones (excluding diaryl/α,β-unsaturated/α-hetero) is 1. The molecule has 3 aliphatic rings. The van der Waals surface area contributed by atoms with Crippen LogP contribution >= 0.6 is 0 Å². The Morgan fingerprint density at radius 2 is 1.77 bits per heavy atom. The van der Waals surface area contributed by atoms with Crippen molar-refractivity contribution >= 4 is 11.5 Å². The Morgan fingerprint density at radius 3 is 2.48 bits per heavy atom. The van der Waals surface area contributed by atoms with Crippen LogP contribution in [0.25, 0.3) is 0 Å². The molecule has 0 unspecified atom stereocenters. The summed E-state index contributed by atoms with van der Waals surface area (Å²) in [6, 6.07) is 6.15. The number of benzene rings is 1. The lowest BCUT2D eigenvalue weighted by molar-refractivity contribution is -0.124. The van der Waals surface area contributed by atoms with Crippen molar-refractivity contribution in [1.82, 2.24) is 4.90 Å². The topological polar surface area (TPSA) is 62.2 Å². The number of rotatable bonds is 8. The average molecular weight is 431 g/mol. The standard InChI is InChI=1S/C25H38N2O4/c1-25(2,29)17-21(28)16-20-8-6-19(7-9-20)10-11-26-12-14-27(15-13-26)22-4-3-5-23-24(22)31-18-30-23/h3-5,19-20,29H,6-18H2,1-2H3. The molecule has 0 aromatic heterocycles. The molecule has 6 nitrogen and oxygen atoms in total. The second-order valence-electron chi connectivity index (χ2n) is 10.2. The van der Waals surface area contributed by atoms with Crippen LogP contribution < -0.4 is 14.4 Å². The van der Waals surface area contributed by atoms with Gasteiger partial charge in [0, 0.05) is 39.0 Å². The van der Waals surface area contributed by atoms with Crippen LogP contribution in [-0.4, -0.2) is 60.9 Å². The highest BCUT2D eigenvalue weighted by atomic mass is 16.7. The Bertz CT molecular complexity index is 744. The van der Waals surface area contributed by atoms with E-state index >= 15 is 0 Å². The molecule has 0 bridgehead atoms. The maximum Gasteiger partial charge on any atom is 0.231 e. The molecule has 2 heterocycles. The van der Waals surface area contributed by atoms with Gasteiger partial charge in [0.05, 0.1) is 11.3 Å². The minimum absolute atomic E-state index is 0.217. The Balaban J connectivity index is 1.15. The van der Waals surface area contributed by atoms with Crippen molar-refractivity contribution in [2.75, 3.05) is 44.4 Å². The van der Waals surface area contributed by atoms with E-state index < -0.39 is 5.60 Å². The number of piperazine rings is 1. The molecule has 0 atom stereocenters. The van der Waals surface area contributed by atoms with Crippen LogP contribution in [-0.2, 0) is 4.79 Å². The van der Waals surface area contributed by atoms with Gasteiger partial charge in [-0.2, -0.15) is 0 Å². The fourth-order valence-corrected chi connectivity index (χ4v) is 5.34. The van der Waals surface area contributed by atoms with E-state index in [0.29, 0.717) is 19.1 Å². The van der Waals surface area contributed by atoms with Gasteiger partial charge in [-0.3, -0.25) is 9.69 Å². The van der Waals surface area contributed by atoms with E-state index in [-0.39, 0.29) is 12.2 Å². The molecule has 1 saturated heterocycles. The van der Waals surface area contributed by atoms with E-state index in [1.807, 2.05) is 12.1 Å². The molecule has 0 spiro atoms. The van der Waals surface area contributed by atoms with E-state index in [4.69, 9.17) is 9.47 Å². The summed E-state index contributed by atoms with van der Waals surface area (Å²) in [6.45, 7) is 9.16. The van der Waals surface area contributed by atoms with Crippen molar-refractivity contribution in [3.63, 3.8) is 0 Å². The number of ketones is 1. The second-order valence-corrected chi connectivity index (χ2v) is 10.2. The predicted molar refractivity (Wildman–Crippen MR) is 122 cm³/mol. The molecule has 1 aliphatic carbocycles. The Morgan fingerprint density at radius 1 is 1.06 bits per heavy atom. The molecule has 172 valence electrons. The molecule has 0 amide bonds. The third-order valence-electron chi connectivity index (χ3n) is 7.05. The predicted octanol–water partition coefficient (Wildman–Crippen LogP) is 3.85. The highest BCUT2D eigenvalue weighted by molar-refractivity contribution is 5.79. The Hall–Kier alpha value is -1.79. The molecule has 2 fully saturated rings. The lowest BCUT2D eigenvalue weighted by atomic mass is 9.78. The molecule has 1 saturated carbocycles. The molecule has 1 aromatic rings. The molecule has 1 aromatic carbocycles. The fourth-order valence-electron chi connectivity index (χ4n) is 5.34. The summed E-state index contributed by atoms with van der Waals surface area (Å²) in [4.78, 5) is 17.2. The molecule has 31 heavy (non-hydrogen) atoms. The first-order valence-corrected chi connectivity index (χ1v) is 12.0. The van der Waals surface area contributed by atoms with Crippen molar-refractivity contribution in [3.05, 3.63) is 18.2 Å². The summed E-state index contributed by atoms with van der Waals surface area (Å²) in [5, 5.41) is 9.84. The molecular formula is C25H38N2O4. The molecular weight excluding hydrogens is 392 g/mol. The van der Waals surface area contributed by atoms with Gasteiger partial charge in [-0.1, -0.05) is 18.9 Å². The largest absolute Gasteiger partial charge is 0.454 e. The lowest BCUT2D eigenvalue weighted by Gasteiger charge is -2.37. The number of para-hydroxylation sites is 1. The van der Waals surface area contributed by atoms with Crippen molar-refractivity contribution in [1.29, 1.82) is 0 Å². The van der Waals surface area contributed by atoms with Gasteiger partial charge in [-0.25, -0.2) is 0 Å². The molecule has 2 aliphatic heterocycles. The quantitative estimate of drug-likeness (QED) is 0.676. The van der Waals surface area contributed by atoms with E-state index in [2.05, 4.69) is 15.9 Å². The van der Waals surface area contributed by atoms with Crippen molar-refractivity contribution < 1.29 is 19.4 Å². The van der Waals surface area contributed by atoms with Crippen LogP contribution in [0.4, 0.5) is 5.69 Å². The summed E-state index contributed by atoms with van der Waals surface area (Å²) in [7, 11) is 0. The average Bonchev–Trinajstić information content (AvgIpc) is 3.21. The first-order valence-electron chi connectivity index (χ1n) is 12.0. The van der Waals surface area contributed by atoms with Gasteiger partial charge in [-0.15, -0.1) is 0 Å². The van der Waals surface area contributed by atoms with Crippen molar-refractivity contribution in [2.45, 2.75) is 64.4 Å². The van der Waals surface area contributed by atoms with E-state index in [9.17, 15) is 9.90 Å². The first-order chi connectivity index (χ1) is 14.9. The fraction of sp³-hybridized carbons (Fsp3) is 0.720. The van der Waals surface area contributed by atoms with Crippen LogP contribution in [0, 0.1) is 11.8 Å². The molecule has 6 heteroatoms. The van der Waals surface area contributed by atoms with Crippen molar-refractivity contribution in [2.24, 2.45) is 11.8 Å². The van der Waals surface area contributed by atoms with Gasteiger partial charge in [0.1, 0.15) is 5.78 Å². The summed E-state index contributed by atoms with van der Waals surface area (Å²) in [6.07, 6.45) is 7.01. The molecule has 1 N–H and O–H groups in total. The Kier molecular flexibility index (Phi) is 7.07. The zero-order valence-corrected chi connectivity index (χ0v) is 19.1. The van der Waals surface area contributed by atoms with Gasteiger partial charge in [0.2, 0.25) is 6.79 Å². The maximum absolute atomic E-state index is 12.1. The third kappa shape index (κ3) is 6.13. The highest BCUT2D eigenvalue weighted by Crippen LogP contribution is 2.41. The third-order valence-corrected chi connectivity index (χ3v) is 7.05. The van der Waals surface area contributed by atoms with Crippen LogP contribution in [0.15, 0.2) is 18.2 Å². The number of carbonyl (C=O) groups excluding carboxylic acids is 1. The maximum atomic E-state index is 12.1. The first kappa shape index (κ1) is 22.4. The number of anilines is 1. The van der Waals surface area contributed by atoms with Crippen LogP contribution in [0.3, 0.4) is 0 Å². The van der Waals surface area contributed by atoms with Crippen LogP contribution in [0.1, 0.15) is 58.8 Å². The van der Waals surface area contributed by atoms with Gasteiger partial charge in [-0.05, 0) is 63.6 Å². The van der Waals surface area contributed by atoms with Crippen LogP contribution in [0.5, 0.6) is 11.5 Å². The SMILES string of the molecule is CC(C)(O)CC(=O)CC1CCC(CCN2CCN(c3cccc4c3OCO4)CC2)CC1. The van der Waals surface area contributed by atoms with Gasteiger partial charge in [0.25, 0.3) is 0 Å². The number of hydrogen-bond donors (Lipinski definition) is 1. The van der Waals surface area contributed by atoms with Gasteiger partial charge in [0.15, 0.2) is 11.5 Å². The number of fused-ring (bicyclic) bond motifs is 1. The minimum Gasteiger partial charge on any atom is -0.454 e. The summed E-state index contributed by atoms with van der Waals surface area (Å²) in [5.41, 5.74) is 0.284. The summed E-state index contributed by atoms with van der Waals surface area (Å²) < 4.78 is 11.2. The lowest BCUT2D eigenvalue weighted by Crippen LogP contribution is -2.47. The summed E-state index contributed by atoms with van der Waals surface area (Å²) >= 11 is 0. The molecule has 4 rings (SSSR count). The minimum atomic E-state index is -0.875. The second kappa shape index (κ2) is 9.78. The van der Waals surface area contributed by atoms with E-state index in [0.717, 1.165) is 62.1 Å². The number of nitrogens with zero attached hydrogens (tertiary/aromatic N) is 2. The zero-order valence-electron chi connectivity index (χ0n) is 19.1. The van der Waals surface area contributed by atoms with Crippen LogP contribution in [0.2, 0.25) is 0 Å².